The number of halogens is 1. The molecule has 9 heteroatoms. The maximum Gasteiger partial charge on any atom is 0.311 e. The number of carbonyl (C=O) groups is 3. The van der Waals surface area contributed by atoms with Gasteiger partial charge in [-0.25, -0.2) is 0 Å². The average molecular weight is 558 g/mol. The first-order valence-corrected chi connectivity index (χ1v) is 13.6. The monoisotopic (exact) mass is 556 g/mol. The van der Waals surface area contributed by atoms with Gasteiger partial charge in [0.05, 0.1) is 29.2 Å². The van der Waals surface area contributed by atoms with Gasteiger partial charge in [0.2, 0.25) is 11.8 Å². The van der Waals surface area contributed by atoms with E-state index in [1.54, 1.807) is 27.6 Å². The van der Waals surface area contributed by atoms with Crippen molar-refractivity contribution in [3.8, 4) is 0 Å². The van der Waals surface area contributed by atoms with Crippen LogP contribution in [-0.4, -0.2) is 84.9 Å². The van der Waals surface area contributed by atoms with Crippen molar-refractivity contribution in [2.45, 2.75) is 73.5 Å². The predicted molar refractivity (Wildman–Crippen MR) is 138 cm³/mol. The van der Waals surface area contributed by atoms with E-state index in [-0.39, 0.29) is 41.0 Å². The van der Waals surface area contributed by atoms with Gasteiger partial charge < -0.3 is 19.6 Å². The Balaban J connectivity index is 2.16. The van der Waals surface area contributed by atoms with Crippen molar-refractivity contribution >= 4 is 45.5 Å². The quantitative estimate of drug-likeness (QED) is 0.267. The van der Waals surface area contributed by atoms with Crippen LogP contribution in [0.4, 0.5) is 0 Å². The number of fused-ring (bicyclic) bond motifs is 1. The number of likely N-dealkylation sites (tertiary alicyclic amines) is 1. The Bertz CT molecular complexity index is 859. The number of thioether (sulfide) groups is 1. The molecular weight excluding hydrogens is 520 g/mol. The minimum absolute atomic E-state index is 0.0350. The number of alkyl halides is 1. The molecule has 1 N–H and O–H groups in total. The van der Waals surface area contributed by atoms with Crippen molar-refractivity contribution in [1.82, 2.24) is 9.80 Å². The molecule has 2 bridgehead atoms. The summed E-state index contributed by atoms with van der Waals surface area (Å²) in [5.41, 5.74) is -0.501. The van der Waals surface area contributed by atoms with Crippen LogP contribution in [-0.2, 0) is 19.1 Å². The van der Waals surface area contributed by atoms with Gasteiger partial charge >= 0.3 is 5.97 Å². The van der Waals surface area contributed by atoms with E-state index < -0.39 is 40.2 Å². The molecule has 7 nitrogen and oxygen atoms in total. The highest BCUT2D eigenvalue weighted by Gasteiger charge is 2.77. The number of carbonyl (C=O) groups excluding carboxylic acids is 3. The second kappa shape index (κ2) is 9.97. The lowest BCUT2D eigenvalue weighted by Gasteiger charge is -2.44. The van der Waals surface area contributed by atoms with Gasteiger partial charge in [-0.2, -0.15) is 0 Å². The fraction of sp³-hybridized carbons (Fsp3) is 0.720. The van der Waals surface area contributed by atoms with Crippen molar-refractivity contribution in [2.75, 3.05) is 19.8 Å². The minimum atomic E-state index is -0.795. The first-order valence-electron chi connectivity index (χ1n) is 11.8. The minimum Gasteiger partial charge on any atom is -0.461 e. The average Bonchev–Trinajstić information content (AvgIpc) is 3.33. The van der Waals surface area contributed by atoms with E-state index in [0.29, 0.717) is 13.0 Å². The highest BCUT2D eigenvalue weighted by atomic mass is 79.9. The lowest BCUT2D eigenvalue weighted by molar-refractivity contribution is -0.154. The summed E-state index contributed by atoms with van der Waals surface area (Å²) in [4.78, 5) is 44.8. The van der Waals surface area contributed by atoms with Crippen molar-refractivity contribution < 1.29 is 24.2 Å². The van der Waals surface area contributed by atoms with E-state index in [1.165, 1.54) is 6.08 Å². The van der Waals surface area contributed by atoms with E-state index in [2.05, 4.69) is 29.1 Å². The molecule has 0 saturated carbocycles. The molecule has 0 aromatic carbocycles. The zero-order valence-electron chi connectivity index (χ0n) is 20.7. The number of aliphatic hydroxyl groups is 1. The first-order chi connectivity index (χ1) is 15.9. The van der Waals surface area contributed by atoms with Gasteiger partial charge in [-0.3, -0.25) is 14.4 Å². The number of rotatable bonds is 9. The van der Waals surface area contributed by atoms with Gasteiger partial charge in [0.25, 0.3) is 0 Å². The Morgan fingerprint density at radius 1 is 1.35 bits per heavy atom. The lowest BCUT2D eigenvalue weighted by Crippen LogP contribution is -2.61. The summed E-state index contributed by atoms with van der Waals surface area (Å²) < 4.78 is 4.63. The predicted octanol–water partition coefficient (Wildman–Crippen LogP) is 3.01. The Kier molecular flexibility index (Phi) is 8.00. The molecule has 3 rings (SSSR count). The van der Waals surface area contributed by atoms with Crippen molar-refractivity contribution in [1.29, 1.82) is 0 Å². The summed E-state index contributed by atoms with van der Waals surface area (Å²) in [6, 6.07) is -1.33. The first kappa shape index (κ1) is 27.3. The molecule has 0 aromatic heterocycles. The van der Waals surface area contributed by atoms with Crippen LogP contribution in [0.2, 0.25) is 0 Å². The second-order valence-corrected chi connectivity index (χ2v) is 13.4. The molecule has 0 aliphatic carbocycles. The molecule has 3 aliphatic rings. The van der Waals surface area contributed by atoms with Crippen LogP contribution in [0, 0.1) is 17.8 Å². The topological polar surface area (TPSA) is 87.2 Å². The third-order valence-corrected chi connectivity index (χ3v) is 10.5. The van der Waals surface area contributed by atoms with E-state index in [9.17, 15) is 19.5 Å². The SMILES string of the molecule is C=CCOC(=O)[C@H]1[C@@H]2SC3(CC2Br)C(C(=O)N(CC=C)C(C)(C)C)N([C@@H](CO)C(C)C)C(=O)[C@H]13. The number of ether oxygens (including phenoxy) is 1. The highest BCUT2D eigenvalue weighted by molar-refractivity contribution is 9.09. The number of hydrogen-bond acceptors (Lipinski definition) is 6. The molecule has 1 spiro atoms. The van der Waals surface area contributed by atoms with Gasteiger partial charge in [-0.1, -0.05) is 48.5 Å². The van der Waals surface area contributed by atoms with Gasteiger partial charge in [0.15, 0.2) is 0 Å². The Morgan fingerprint density at radius 2 is 2.00 bits per heavy atom. The second-order valence-electron chi connectivity index (χ2n) is 10.7. The van der Waals surface area contributed by atoms with E-state index in [4.69, 9.17) is 4.74 Å². The van der Waals surface area contributed by atoms with Crippen LogP contribution in [0.15, 0.2) is 25.3 Å². The third-order valence-electron chi connectivity index (χ3n) is 7.28. The lowest BCUT2D eigenvalue weighted by atomic mass is 9.71. The molecule has 7 atom stereocenters. The van der Waals surface area contributed by atoms with Crippen LogP contribution in [0.1, 0.15) is 41.0 Å². The van der Waals surface area contributed by atoms with Crippen LogP contribution in [0.5, 0.6) is 0 Å². The summed E-state index contributed by atoms with van der Waals surface area (Å²) in [6.07, 6.45) is 3.78. The fourth-order valence-corrected chi connectivity index (χ4v) is 9.38. The number of nitrogens with zero attached hydrogens (tertiary/aromatic N) is 2. The summed E-state index contributed by atoms with van der Waals surface area (Å²) in [5, 5.41) is 10.1. The van der Waals surface area contributed by atoms with E-state index in [0.717, 1.165) is 0 Å². The summed E-state index contributed by atoms with van der Waals surface area (Å²) in [6.45, 7) is 17.3. The maximum atomic E-state index is 14.3. The fourth-order valence-electron chi connectivity index (χ4n) is 5.80. The Morgan fingerprint density at radius 3 is 2.50 bits per heavy atom. The third kappa shape index (κ3) is 4.26. The molecular formula is C25H37BrN2O5S. The van der Waals surface area contributed by atoms with Crippen molar-refractivity contribution in [3.05, 3.63) is 25.3 Å². The normalized spacial score (nSPS) is 33.1. The van der Waals surface area contributed by atoms with Gasteiger partial charge in [0, 0.05) is 22.2 Å². The van der Waals surface area contributed by atoms with Gasteiger partial charge in [-0.15, -0.1) is 18.3 Å². The molecule has 3 saturated heterocycles. The zero-order valence-corrected chi connectivity index (χ0v) is 23.1. The molecule has 34 heavy (non-hydrogen) atoms. The van der Waals surface area contributed by atoms with Crippen LogP contribution in [0.3, 0.4) is 0 Å². The van der Waals surface area contributed by atoms with Crippen LogP contribution < -0.4 is 0 Å². The van der Waals surface area contributed by atoms with Crippen LogP contribution >= 0.6 is 27.7 Å². The molecule has 3 unspecified atom stereocenters. The molecule has 0 aromatic rings. The van der Waals surface area contributed by atoms with Crippen LogP contribution in [0.25, 0.3) is 0 Å². The van der Waals surface area contributed by atoms with Gasteiger partial charge in [0.1, 0.15) is 12.6 Å². The van der Waals surface area contributed by atoms with E-state index in [1.807, 2.05) is 34.6 Å². The van der Waals surface area contributed by atoms with Gasteiger partial charge in [-0.05, 0) is 33.1 Å². The van der Waals surface area contributed by atoms with Crippen molar-refractivity contribution in [2.24, 2.45) is 17.8 Å². The molecule has 2 amide bonds. The Hall–Kier alpha value is -1.32. The number of amides is 2. The summed E-state index contributed by atoms with van der Waals surface area (Å²) in [5.74, 6) is -2.26. The smallest absolute Gasteiger partial charge is 0.311 e. The highest BCUT2D eigenvalue weighted by Crippen LogP contribution is 2.68. The molecule has 3 heterocycles. The number of esters is 1. The summed E-state index contributed by atoms with van der Waals surface area (Å²) >= 11 is 5.31. The van der Waals surface area contributed by atoms with Crippen molar-refractivity contribution in [3.63, 3.8) is 0 Å². The molecule has 190 valence electrons. The standard InChI is InChI=1S/C25H37BrN2O5S/c1-8-10-27(24(5,6)7)22(31)20-25-12-15(26)19(34-25)17(23(32)33-11-9-2)18(25)21(30)28(20)16(13-29)14(3)4/h8-9,14-20,29H,1-2,10-13H2,3-7H3/t15?,16-,17+,18-,19+,20?,25?/m0/s1. The largest absolute Gasteiger partial charge is 0.461 e. The number of aliphatic hydroxyl groups excluding tert-OH is 1. The maximum absolute atomic E-state index is 14.3. The zero-order chi connectivity index (χ0) is 25.6. The molecule has 0 radical (unpaired) electrons. The Labute approximate surface area is 215 Å². The van der Waals surface area contributed by atoms with E-state index >= 15 is 0 Å². The molecule has 3 fully saturated rings. The number of hydrogen-bond donors (Lipinski definition) is 1. The summed E-state index contributed by atoms with van der Waals surface area (Å²) in [7, 11) is 0. The molecule has 3 aliphatic heterocycles.